The Morgan fingerprint density at radius 1 is 1.35 bits per heavy atom. The Morgan fingerprint density at radius 2 is 2.05 bits per heavy atom. The number of aryl methyl sites for hydroxylation is 2. The lowest BCUT2D eigenvalue weighted by molar-refractivity contribution is -0.134. The Labute approximate surface area is 118 Å². The molecule has 6 heteroatoms. The number of esters is 1. The molecule has 0 spiro atoms. The van der Waals surface area contributed by atoms with E-state index in [-0.39, 0.29) is 5.91 Å². The average molecular weight is 279 g/mol. The molecule has 0 saturated heterocycles. The first-order valence-electron chi connectivity index (χ1n) is 6.47. The third kappa shape index (κ3) is 4.53. The van der Waals surface area contributed by atoms with Gasteiger partial charge in [0, 0.05) is 31.3 Å². The first-order valence-corrected chi connectivity index (χ1v) is 6.47. The van der Waals surface area contributed by atoms with E-state index in [1.165, 1.54) is 13.2 Å². The molecule has 0 aliphatic carbocycles. The molecule has 1 rings (SSSR count). The van der Waals surface area contributed by atoms with Gasteiger partial charge in [-0.25, -0.2) is 4.79 Å². The molecule has 1 aromatic heterocycles. The topological polar surface area (TPSA) is 73.2 Å². The lowest BCUT2D eigenvalue weighted by Gasteiger charge is -2.05. The van der Waals surface area contributed by atoms with Crippen molar-refractivity contribution >= 4 is 11.9 Å². The molecule has 0 atom stereocenters. The highest BCUT2D eigenvalue weighted by Gasteiger charge is 2.08. The first-order chi connectivity index (χ1) is 9.45. The molecule has 1 heterocycles. The Hall–Kier alpha value is -2.11. The molecule has 20 heavy (non-hydrogen) atoms. The lowest BCUT2D eigenvalue weighted by Crippen LogP contribution is -2.25. The number of amides is 1. The van der Waals surface area contributed by atoms with Gasteiger partial charge in [-0.1, -0.05) is 6.08 Å². The highest BCUT2D eigenvalue weighted by Crippen LogP contribution is 2.11. The molecule has 1 aromatic rings. The Kier molecular flexibility index (Phi) is 5.96. The van der Waals surface area contributed by atoms with Crippen LogP contribution in [0, 0.1) is 20.8 Å². The van der Waals surface area contributed by atoms with Crippen LogP contribution < -0.4 is 5.32 Å². The summed E-state index contributed by atoms with van der Waals surface area (Å²) in [5.74, 6) is -0.512. The number of carbonyl (C=O) groups is 2. The van der Waals surface area contributed by atoms with Crippen molar-refractivity contribution in [3.63, 3.8) is 0 Å². The second-order valence-corrected chi connectivity index (χ2v) is 4.50. The highest BCUT2D eigenvalue weighted by molar-refractivity contribution is 5.82. The van der Waals surface area contributed by atoms with E-state index in [1.807, 2.05) is 25.5 Å². The quantitative estimate of drug-likeness (QED) is 0.624. The molecule has 0 radical (unpaired) electrons. The van der Waals surface area contributed by atoms with Crippen molar-refractivity contribution in [1.29, 1.82) is 0 Å². The third-order valence-corrected chi connectivity index (χ3v) is 3.17. The van der Waals surface area contributed by atoms with Crippen LogP contribution in [0.5, 0.6) is 0 Å². The summed E-state index contributed by atoms with van der Waals surface area (Å²) in [6, 6.07) is 0. The molecule has 1 amide bonds. The van der Waals surface area contributed by atoms with Gasteiger partial charge in [0.25, 0.3) is 0 Å². The summed E-state index contributed by atoms with van der Waals surface area (Å²) < 4.78 is 6.28. The van der Waals surface area contributed by atoms with Gasteiger partial charge in [-0.05, 0) is 26.3 Å². The molecule has 0 fully saturated rings. The number of hydrogen-bond donors (Lipinski definition) is 1. The van der Waals surface area contributed by atoms with Gasteiger partial charge in [0.05, 0.1) is 12.8 Å². The van der Waals surface area contributed by atoms with E-state index < -0.39 is 5.97 Å². The molecule has 110 valence electrons. The van der Waals surface area contributed by atoms with Crippen molar-refractivity contribution in [2.45, 2.75) is 33.7 Å². The van der Waals surface area contributed by atoms with Crippen LogP contribution in [0.15, 0.2) is 12.2 Å². The molecule has 0 bridgehead atoms. The van der Waals surface area contributed by atoms with Crippen molar-refractivity contribution in [2.24, 2.45) is 0 Å². The highest BCUT2D eigenvalue weighted by atomic mass is 16.5. The van der Waals surface area contributed by atoms with E-state index in [2.05, 4.69) is 15.2 Å². The number of carbonyl (C=O) groups excluding carboxylic acids is 2. The maximum atomic E-state index is 11.6. The zero-order chi connectivity index (χ0) is 15.1. The van der Waals surface area contributed by atoms with E-state index in [1.54, 1.807) is 6.08 Å². The minimum Gasteiger partial charge on any atom is -0.466 e. The molecule has 1 N–H and O–H groups in total. The number of hydrogen-bond acceptors (Lipinski definition) is 4. The number of nitrogens with one attached hydrogen (secondary N) is 1. The van der Waals surface area contributed by atoms with Crippen LogP contribution in [-0.4, -0.2) is 35.3 Å². The van der Waals surface area contributed by atoms with Gasteiger partial charge in [-0.3, -0.25) is 9.48 Å². The maximum absolute atomic E-state index is 11.6. The zero-order valence-electron chi connectivity index (χ0n) is 12.4. The van der Waals surface area contributed by atoms with E-state index in [4.69, 9.17) is 0 Å². The van der Waals surface area contributed by atoms with Crippen molar-refractivity contribution in [3.8, 4) is 0 Å². The standard InChI is InChI=1S/C14H21N3O3/c1-10-11(2)16-17(12(10)3)9-7-13(18)15-8-5-6-14(19)20-4/h5-6H,7-9H2,1-4H3,(H,15,18)/b6-5+. The summed E-state index contributed by atoms with van der Waals surface area (Å²) >= 11 is 0. The molecule has 0 unspecified atom stereocenters. The fourth-order valence-corrected chi connectivity index (χ4v) is 1.70. The van der Waals surface area contributed by atoms with Crippen molar-refractivity contribution in [1.82, 2.24) is 15.1 Å². The van der Waals surface area contributed by atoms with Gasteiger partial charge in [-0.2, -0.15) is 5.10 Å². The summed E-state index contributed by atoms with van der Waals surface area (Å²) in [5.41, 5.74) is 3.23. The van der Waals surface area contributed by atoms with Gasteiger partial charge < -0.3 is 10.1 Å². The maximum Gasteiger partial charge on any atom is 0.330 e. The largest absolute Gasteiger partial charge is 0.466 e. The van der Waals surface area contributed by atoms with Crippen LogP contribution in [-0.2, 0) is 20.9 Å². The second kappa shape index (κ2) is 7.47. The number of aromatic nitrogens is 2. The van der Waals surface area contributed by atoms with Gasteiger partial charge in [0.1, 0.15) is 0 Å². The van der Waals surface area contributed by atoms with E-state index in [0.717, 1.165) is 17.0 Å². The SMILES string of the molecule is COC(=O)/C=C/CNC(=O)CCn1nc(C)c(C)c1C. The van der Waals surface area contributed by atoms with E-state index in [9.17, 15) is 9.59 Å². The van der Waals surface area contributed by atoms with Gasteiger partial charge >= 0.3 is 5.97 Å². The predicted molar refractivity (Wildman–Crippen MR) is 75.2 cm³/mol. The number of ether oxygens (including phenoxy) is 1. The summed E-state index contributed by atoms with van der Waals surface area (Å²) in [4.78, 5) is 22.4. The molecule has 0 aliphatic rings. The Bertz CT molecular complexity index is 518. The molecular weight excluding hydrogens is 258 g/mol. The summed E-state index contributed by atoms with van der Waals surface area (Å²) in [6.45, 7) is 6.83. The van der Waals surface area contributed by atoms with Gasteiger partial charge in [0.2, 0.25) is 5.91 Å². The molecule has 0 aromatic carbocycles. The Balaban J connectivity index is 2.35. The van der Waals surface area contributed by atoms with Crippen LogP contribution in [0.2, 0.25) is 0 Å². The van der Waals surface area contributed by atoms with Gasteiger partial charge in [0.15, 0.2) is 0 Å². The second-order valence-electron chi connectivity index (χ2n) is 4.50. The Morgan fingerprint density at radius 3 is 2.60 bits per heavy atom. The van der Waals surface area contributed by atoms with E-state index >= 15 is 0 Å². The summed E-state index contributed by atoms with van der Waals surface area (Å²) in [5, 5.41) is 7.07. The van der Waals surface area contributed by atoms with Crippen LogP contribution in [0.1, 0.15) is 23.4 Å². The first kappa shape index (κ1) is 15.9. The molecule has 0 aliphatic heterocycles. The number of nitrogens with zero attached hydrogens (tertiary/aromatic N) is 2. The lowest BCUT2D eigenvalue weighted by atomic mass is 10.2. The summed E-state index contributed by atoms with van der Waals surface area (Å²) in [6.07, 6.45) is 3.19. The smallest absolute Gasteiger partial charge is 0.330 e. The minimum absolute atomic E-state index is 0.0790. The zero-order valence-corrected chi connectivity index (χ0v) is 12.4. The minimum atomic E-state index is -0.433. The van der Waals surface area contributed by atoms with Crippen LogP contribution in [0.4, 0.5) is 0 Å². The monoisotopic (exact) mass is 279 g/mol. The molecular formula is C14H21N3O3. The molecule has 0 saturated carbocycles. The van der Waals surface area contributed by atoms with Crippen molar-refractivity contribution in [2.75, 3.05) is 13.7 Å². The van der Waals surface area contributed by atoms with Gasteiger partial charge in [-0.15, -0.1) is 0 Å². The van der Waals surface area contributed by atoms with Crippen LogP contribution >= 0.6 is 0 Å². The summed E-state index contributed by atoms with van der Waals surface area (Å²) in [7, 11) is 1.31. The normalized spacial score (nSPS) is 10.8. The fourth-order valence-electron chi connectivity index (χ4n) is 1.70. The van der Waals surface area contributed by atoms with Crippen LogP contribution in [0.25, 0.3) is 0 Å². The predicted octanol–water partition coefficient (Wildman–Crippen LogP) is 1.04. The number of rotatable bonds is 6. The van der Waals surface area contributed by atoms with E-state index in [0.29, 0.717) is 19.5 Å². The average Bonchev–Trinajstić information content (AvgIpc) is 2.68. The number of methoxy groups -OCH3 is 1. The molecule has 6 nitrogen and oxygen atoms in total. The van der Waals surface area contributed by atoms with Crippen molar-refractivity contribution < 1.29 is 14.3 Å². The van der Waals surface area contributed by atoms with Crippen molar-refractivity contribution in [3.05, 3.63) is 29.1 Å². The van der Waals surface area contributed by atoms with Crippen LogP contribution in [0.3, 0.4) is 0 Å². The third-order valence-electron chi connectivity index (χ3n) is 3.17. The fraction of sp³-hybridized carbons (Fsp3) is 0.500.